The van der Waals surface area contributed by atoms with Gasteiger partial charge >= 0.3 is 0 Å². The Morgan fingerprint density at radius 3 is 2.73 bits per heavy atom. The monoisotopic (exact) mass is 319 g/mol. The largest absolute Gasteiger partial charge is 0.494 e. The van der Waals surface area contributed by atoms with Crippen LogP contribution in [-0.4, -0.2) is 31.1 Å². The first-order valence-corrected chi connectivity index (χ1v) is 8.16. The highest BCUT2D eigenvalue weighted by Crippen LogP contribution is 2.26. The van der Waals surface area contributed by atoms with Crippen LogP contribution in [0, 0.1) is 5.92 Å². The molecular formula is C16H21N3O2S. The Hall–Kier alpha value is -1.92. The number of benzene rings is 1. The van der Waals surface area contributed by atoms with Crippen molar-refractivity contribution < 1.29 is 9.53 Å². The molecule has 2 N–H and O–H groups in total. The molecule has 2 rings (SSSR count). The number of aromatic nitrogens is 1. The molecule has 1 heterocycles. The molecule has 0 bridgehead atoms. The lowest BCUT2D eigenvalue weighted by atomic mass is 10.1. The first kappa shape index (κ1) is 16.5. The van der Waals surface area contributed by atoms with Crippen LogP contribution in [0.15, 0.2) is 29.6 Å². The van der Waals surface area contributed by atoms with Crippen LogP contribution < -0.4 is 15.4 Å². The van der Waals surface area contributed by atoms with Crippen LogP contribution in [0.1, 0.15) is 13.8 Å². The Bertz CT molecular complexity index is 610. The van der Waals surface area contributed by atoms with E-state index in [1.807, 2.05) is 50.5 Å². The zero-order valence-corrected chi connectivity index (χ0v) is 13.9. The van der Waals surface area contributed by atoms with E-state index >= 15 is 0 Å². The van der Waals surface area contributed by atoms with E-state index in [-0.39, 0.29) is 11.8 Å². The molecule has 0 saturated heterocycles. The van der Waals surface area contributed by atoms with Gasteiger partial charge in [-0.05, 0) is 38.2 Å². The van der Waals surface area contributed by atoms with Crippen LogP contribution in [0.4, 0.5) is 5.13 Å². The number of carbonyl (C=O) groups is 1. The second-order valence-electron chi connectivity index (χ2n) is 4.94. The Balaban J connectivity index is 2.03. The van der Waals surface area contributed by atoms with Crippen molar-refractivity contribution in [3.63, 3.8) is 0 Å². The molecule has 5 nitrogen and oxygen atoms in total. The highest BCUT2D eigenvalue weighted by molar-refractivity contribution is 7.14. The van der Waals surface area contributed by atoms with Gasteiger partial charge in [-0.1, -0.05) is 6.92 Å². The molecule has 1 aromatic heterocycles. The molecule has 0 radical (unpaired) electrons. The Morgan fingerprint density at radius 2 is 2.09 bits per heavy atom. The van der Waals surface area contributed by atoms with Crippen molar-refractivity contribution in [3.8, 4) is 17.0 Å². The number of carbonyl (C=O) groups excluding carboxylic acids is 1. The lowest BCUT2D eigenvalue weighted by molar-refractivity contribution is -0.119. The molecule has 0 fully saturated rings. The van der Waals surface area contributed by atoms with E-state index < -0.39 is 0 Å². The highest BCUT2D eigenvalue weighted by atomic mass is 32.1. The number of hydrogen-bond donors (Lipinski definition) is 2. The Kier molecular flexibility index (Phi) is 5.91. The molecule has 0 aliphatic rings. The number of thiazole rings is 1. The second kappa shape index (κ2) is 7.91. The third-order valence-corrected chi connectivity index (χ3v) is 3.91. The third kappa shape index (κ3) is 4.29. The minimum Gasteiger partial charge on any atom is -0.494 e. The molecule has 6 heteroatoms. The average Bonchev–Trinajstić information content (AvgIpc) is 2.97. The summed E-state index contributed by atoms with van der Waals surface area (Å²) in [7, 11) is 1.83. The Morgan fingerprint density at radius 1 is 1.36 bits per heavy atom. The van der Waals surface area contributed by atoms with Crippen molar-refractivity contribution in [1.82, 2.24) is 10.3 Å². The maximum absolute atomic E-state index is 12.0. The number of anilines is 1. The topological polar surface area (TPSA) is 63.2 Å². The van der Waals surface area contributed by atoms with Crippen molar-refractivity contribution in [1.29, 1.82) is 0 Å². The molecule has 1 atom stereocenters. The van der Waals surface area contributed by atoms with Crippen molar-refractivity contribution >= 4 is 22.4 Å². The lowest BCUT2D eigenvalue weighted by Gasteiger charge is -2.09. The summed E-state index contributed by atoms with van der Waals surface area (Å²) in [6, 6.07) is 7.78. The lowest BCUT2D eigenvalue weighted by Crippen LogP contribution is -2.28. The van der Waals surface area contributed by atoms with E-state index in [0.29, 0.717) is 18.3 Å². The summed E-state index contributed by atoms with van der Waals surface area (Å²) in [5.41, 5.74) is 1.85. The van der Waals surface area contributed by atoms with Gasteiger partial charge in [-0.2, -0.15) is 0 Å². The van der Waals surface area contributed by atoms with Crippen LogP contribution in [0.25, 0.3) is 11.3 Å². The van der Waals surface area contributed by atoms with Crippen molar-refractivity contribution in [2.75, 3.05) is 25.5 Å². The molecule has 118 valence electrons. The number of rotatable bonds is 7. The summed E-state index contributed by atoms with van der Waals surface area (Å²) in [4.78, 5) is 16.4. The molecule has 0 saturated carbocycles. The van der Waals surface area contributed by atoms with E-state index in [0.717, 1.165) is 17.0 Å². The van der Waals surface area contributed by atoms with Crippen molar-refractivity contribution in [3.05, 3.63) is 29.6 Å². The van der Waals surface area contributed by atoms with Gasteiger partial charge in [0, 0.05) is 23.4 Å². The number of nitrogens with one attached hydrogen (secondary N) is 2. The fraction of sp³-hybridized carbons (Fsp3) is 0.375. The first-order chi connectivity index (χ1) is 10.6. The minimum absolute atomic E-state index is 0.0260. The predicted molar refractivity (Wildman–Crippen MR) is 90.4 cm³/mol. The molecule has 2 aromatic rings. The minimum atomic E-state index is -0.0946. The maximum Gasteiger partial charge on any atom is 0.230 e. The summed E-state index contributed by atoms with van der Waals surface area (Å²) >= 11 is 1.43. The average molecular weight is 319 g/mol. The molecular weight excluding hydrogens is 298 g/mol. The van der Waals surface area contributed by atoms with Gasteiger partial charge in [-0.3, -0.25) is 4.79 Å². The summed E-state index contributed by atoms with van der Waals surface area (Å²) in [6.45, 7) is 5.13. The summed E-state index contributed by atoms with van der Waals surface area (Å²) in [6.07, 6.45) is 0. The summed E-state index contributed by atoms with van der Waals surface area (Å²) in [5.74, 6) is 0.723. The molecule has 22 heavy (non-hydrogen) atoms. The van der Waals surface area contributed by atoms with Gasteiger partial charge < -0.3 is 15.4 Å². The predicted octanol–water partition coefficient (Wildman–Crippen LogP) is 3.00. The first-order valence-electron chi connectivity index (χ1n) is 7.28. The molecule has 1 unspecified atom stereocenters. The van der Waals surface area contributed by atoms with Crippen molar-refractivity contribution in [2.45, 2.75) is 13.8 Å². The molecule has 1 amide bonds. The van der Waals surface area contributed by atoms with Crippen LogP contribution >= 0.6 is 11.3 Å². The summed E-state index contributed by atoms with van der Waals surface area (Å²) in [5, 5.41) is 8.40. The van der Waals surface area contributed by atoms with E-state index in [9.17, 15) is 4.79 Å². The zero-order chi connectivity index (χ0) is 15.9. The molecule has 1 aromatic carbocycles. The van der Waals surface area contributed by atoms with Gasteiger partial charge in [-0.15, -0.1) is 11.3 Å². The maximum atomic E-state index is 12.0. The van der Waals surface area contributed by atoms with E-state index in [2.05, 4.69) is 15.6 Å². The van der Waals surface area contributed by atoms with Gasteiger partial charge in [0.05, 0.1) is 12.3 Å². The van der Waals surface area contributed by atoms with E-state index in [1.54, 1.807) is 0 Å². The number of hydrogen-bond acceptors (Lipinski definition) is 5. The van der Waals surface area contributed by atoms with Gasteiger partial charge in [0.2, 0.25) is 5.91 Å². The number of amides is 1. The molecule has 0 aliphatic carbocycles. The smallest absolute Gasteiger partial charge is 0.230 e. The zero-order valence-electron chi connectivity index (χ0n) is 13.1. The van der Waals surface area contributed by atoms with Crippen LogP contribution in [0.2, 0.25) is 0 Å². The highest BCUT2D eigenvalue weighted by Gasteiger charge is 2.14. The number of nitrogens with zero attached hydrogens (tertiary/aromatic N) is 1. The molecule has 0 spiro atoms. The fourth-order valence-electron chi connectivity index (χ4n) is 1.98. The molecule has 0 aliphatic heterocycles. The van der Waals surface area contributed by atoms with Gasteiger partial charge in [-0.25, -0.2) is 4.98 Å². The Labute approximate surface area is 134 Å². The summed E-state index contributed by atoms with van der Waals surface area (Å²) < 4.78 is 5.42. The SMILES string of the molecule is CCOc1ccc(-c2csc(NC(=O)C(C)CNC)n2)cc1. The van der Waals surface area contributed by atoms with Gasteiger partial charge in [0.15, 0.2) is 5.13 Å². The quantitative estimate of drug-likeness (QED) is 0.823. The fourth-order valence-corrected chi connectivity index (χ4v) is 2.70. The second-order valence-corrected chi connectivity index (χ2v) is 5.80. The van der Waals surface area contributed by atoms with Gasteiger partial charge in [0.1, 0.15) is 5.75 Å². The normalized spacial score (nSPS) is 12.0. The van der Waals surface area contributed by atoms with Crippen molar-refractivity contribution in [2.24, 2.45) is 5.92 Å². The van der Waals surface area contributed by atoms with Crippen LogP contribution in [-0.2, 0) is 4.79 Å². The number of ether oxygens (including phenoxy) is 1. The van der Waals surface area contributed by atoms with Crippen LogP contribution in [0.3, 0.4) is 0 Å². The van der Waals surface area contributed by atoms with E-state index in [4.69, 9.17) is 4.74 Å². The van der Waals surface area contributed by atoms with E-state index in [1.165, 1.54) is 11.3 Å². The third-order valence-electron chi connectivity index (χ3n) is 3.15. The van der Waals surface area contributed by atoms with Gasteiger partial charge in [0.25, 0.3) is 0 Å². The van der Waals surface area contributed by atoms with Crippen LogP contribution in [0.5, 0.6) is 5.75 Å². The standard InChI is InChI=1S/C16H21N3O2S/c1-4-21-13-7-5-12(6-8-13)14-10-22-16(18-14)19-15(20)11(2)9-17-3/h5-8,10-11,17H,4,9H2,1-3H3,(H,18,19,20).